The van der Waals surface area contributed by atoms with E-state index >= 15 is 0 Å². The Morgan fingerprint density at radius 1 is 1.13 bits per heavy atom. The summed E-state index contributed by atoms with van der Waals surface area (Å²) in [5.41, 5.74) is 1.10. The van der Waals surface area contributed by atoms with Crippen molar-refractivity contribution < 1.29 is 19.4 Å². The number of hydrogen-bond acceptors (Lipinski definition) is 5. The molecule has 2 aliphatic rings. The summed E-state index contributed by atoms with van der Waals surface area (Å²) in [5.74, 6) is 0.0855. The van der Waals surface area contributed by atoms with Crippen LogP contribution in [0.4, 0.5) is 0 Å². The van der Waals surface area contributed by atoms with Crippen LogP contribution in [0.5, 0.6) is 5.75 Å². The number of nitrogens with zero attached hydrogens (tertiary/aromatic N) is 2. The van der Waals surface area contributed by atoms with Gasteiger partial charge in [0.15, 0.2) is 0 Å². The van der Waals surface area contributed by atoms with E-state index in [1.807, 2.05) is 42.3 Å². The Kier molecular flexibility index (Phi) is 9.49. The molecule has 0 aromatic heterocycles. The quantitative estimate of drug-likeness (QED) is 0.231. The third-order valence-corrected chi connectivity index (χ3v) is 8.94. The van der Waals surface area contributed by atoms with Gasteiger partial charge in [-0.15, -0.1) is 6.58 Å². The lowest BCUT2D eigenvalue weighted by Gasteiger charge is -2.60. The smallest absolute Gasteiger partial charge is 0.303 e. The van der Waals surface area contributed by atoms with Crippen LogP contribution >= 0.6 is 0 Å². The van der Waals surface area contributed by atoms with Crippen LogP contribution in [0.3, 0.4) is 0 Å². The van der Waals surface area contributed by atoms with E-state index in [0.29, 0.717) is 25.8 Å². The largest absolute Gasteiger partial charge is 0.508 e. The second kappa shape index (κ2) is 12.8. The molecule has 39 heavy (non-hydrogen) atoms. The highest BCUT2D eigenvalue weighted by atomic mass is 16.6. The first-order valence-electron chi connectivity index (χ1n) is 14.4. The Morgan fingerprint density at radius 2 is 1.92 bits per heavy atom. The molecular formula is C33H44N2O4. The fourth-order valence-corrected chi connectivity index (χ4v) is 6.94. The van der Waals surface area contributed by atoms with Gasteiger partial charge in [0, 0.05) is 44.9 Å². The number of piperidine rings is 1. The highest BCUT2D eigenvalue weighted by Crippen LogP contribution is 2.54. The highest BCUT2D eigenvalue weighted by molar-refractivity contribution is 5.76. The van der Waals surface area contributed by atoms with Gasteiger partial charge in [-0.05, 0) is 74.8 Å². The van der Waals surface area contributed by atoms with Gasteiger partial charge in [-0.25, -0.2) is 0 Å². The molecule has 3 atom stereocenters. The molecule has 1 saturated heterocycles. The molecule has 1 amide bonds. The molecule has 0 radical (unpaired) electrons. The van der Waals surface area contributed by atoms with E-state index in [4.69, 9.17) is 4.74 Å². The van der Waals surface area contributed by atoms with E-state index in [9.17, 15) is 14.7 Å². The van der Waals surface area contributed by atoms with Crippen LogP contribution in [0.1, 0.15) is 69.4 Å². The third-order valence-electron chi connectivity index (χ3n) is 8.94. The second-order valence-corrected chi connectivity index (χ2v) is 11.4. The maximum Gasteiger partial charge on any atom is 0.303 e. The minimum atomic E-state index is -0.730. The molecule has 2 fully saturated rings. The lowest BCUT2D eigenvalue weighted by Crippen LogP contribution is -2.68. The molecule has 0 unspecified atom stereocenters. The number of amides is 1. The van der Waals surface area contributed by atoms with Crippen molar-refractivity contribution in [2.45, 2.75) is 81.8 Å². The van der Waals surface area contributed by atoms with Crippen molar-refractivity contribution in [3.8, 4) is 5.75 Å². The predicted molar refractivity (Wildman–Crippen MR) is 155 cm³/mol. The van der Waals surface area contributed by atoms with Crippen molar-refractivity contribution in [3.05, 3.63) is 78.4 Å². The summed E-state index contributed by atoms with van der Waals surface area (Å²) in [6.45, 7) is 7.56. The van der Waals surface area contributed by atoms with Gasteiger partial charge in [-0.1, -0.05) is 55.0 Å². The molecule has 6 heteroatoms. The Morgan fingerprint density at radius 3 is 2.64 bits per heavy atom. The minimum Gasteiger partial charge on any atom is -0.508 e. The molecule has 0 bridgehead atoms. The van der Waals surface area contributed by atoms with Gasteiger partial charge in [0.25, 0.3) is 0 Å². The van der Waals surface area contributed by atoms with E-state index < -0.39 is 11.0 Å². The fourth-order valence-electron chi connectivity index (χ4n) is 6.94. The van der Waals surface area contributed by atoms with Gasteiger partial charge < -0.3 is 14.7 Å². The standard InChI is InChI=1S/C33H44N2O4/c1-4-21-35-22-20-32(28-15-11-16-30(37)23-28)24-29(18-19-33(32,25-35)39-26(2)36)34(3)31(38)17-10-6-9-14-27-12-7-5-8-13-27/h4-5,7-8,11-13,15-16,23,29,37H,1,6,9-10,14,17-22,24-25H2,2-3H3/t29-,32-,33-/m0/s1. The van der Waals surface area contributed by atoms with Gasteiger partial charge in [0.05, 0.1) is 0 Å². The number of hydrogen-bond donors (Lipinski definition) is 1. The lowest BCUT2D eigenvalue weighted by atomic mass is 9.55. The molecule has 1 aliphatic heterocycles. The van der Waals surface area contributed by atoms with Crippen LogP contribution in [-0.2, 0) is 26.2 Å². The predicted octanol–water partition coefficient (Wildman–Crippen LogP) is 5.64. The summed E-state index contributed by atoms with van der Waals surface area (Å²) >= 11 is 0. The van der Waals surface area contributed by atoms with E-state index in [1.165, 1.54) is 12.5 Å². The van der Waals surface area contributed by atoms with Gasteiger partial charge in [-0.2, -0.15) is 0 Å². The number of carbonyl (C=O) groups excluding carboxylic acids is 2. The molecule has 1 saturated carbocycles. The van der Waals surface area contributed by atoms with Gasteiger partial charge in [0.1, 0.15) is 11.4 Å². The van der Waals surface area contributed by atoms with E-state index in [-0.39, 0.29) is 23.7 Å². The number of phenols is 1. The first-order chi connectivity index (χ1) is 18.8. The fraction of sp³-hybridized carbons (Fsp3) is 0.515. The summed E-state index contributed by atoms with van der Waals surface area (Å²) in [6, 6.07) is 17.9. The number of carbonyl (C=O) groups is 2. The summed E-state index contributed by atoms with van der Waals surface area (Å²) < 4.78 is 6.27. The van der Waals surface area contributed by atoms with Crippen molar-refractivity contribution in [1.82, 2.24) is 9.80 Å². The van der Waals surface area contributed by atoms with Crippen LogP contribution < -0.4 is 0 Å². The number of esters is 1. The number of phenolic OH excluding ortho intramolecular Hbond substituents is 1. The average molecular weight is 533 g/mol. The third kappa shape index (κ3) is 6.55. The number of fused-ring (bicyclic) bond motifs is 1. The number of ether oxygens (including phenoxy) is 1. The zero-order valence-corrected chi connectivity index (χ0v) is 23.6. The highest BCUT2D eigenvalue weighted by Gasteiger charge is 2.61. The number of aromatic hydroxyl groups is 1. The summed E-state index contributed by atoms with van der Waals surface area (Å²) in [6.07, 6.45) is 9.37. The van der Waals surface area contributed by atoms with Gasteiger partial charge in [0.2, 0.25) is 5.91 Å². The average Bonchev–Trinajstić information content (AvgIpc) is 2.92. The summed E-state index contributed by atoms with van der Waals surface area (Å²) in [7, 11) is 1.93. The summed E-state index contributed by atoms with van der Waals surface area (Å²) in [4.78, 5) is 30.0. The van der Waals surface area contributed by atoms with Crippen molar-refractivity contribution in [2.75, 3.05) is 26.7 Å². The molecule has 4 rings (SSSR count). The van der Waals surface area contributed by atoms with E-state index in [2.05, 4.69) is 35.7 Å². The number of unbranched alkanes of at least 4 members (excludes halogenated alkanes) is 2. The monoisotopic (exact) mass is 532 g/mol. The Hall–Kier alpha value is -3.12. The molecule has 1 N–H and O–H groups in total. The number of rotatable bonds is 11. The normalized spacial score (nSPS) is 24.9. The zero-order chi connectivity index (χ0) is 27.9. The number of likely N-dealkylation sites (tertiary alicyclic amines) is 1. The maximum atomic E-state index is 13.3. The van der Waals surface area contributed by atoms with Crippen molar-refractivity contribution in [2.24, 2.45) is 0 Å². The zero-order valence-electron chi connectivity index (χ0n) is 23.6. The van der Waals surface area contributed by atoms with Crippen LogP contribution in [0.2, 0.25) is 0 Å². The second-order valence-electron chi connectivity index (χ2n) is 11.4. The van der Waals surface area contributed by atoms with Crippen molar-refractivity contribution >= 4 is 11.9 Å². The Labute approximate surface area is 233 Å². The number of aryl methyl sites for hydroxylation is 1. The van der Waals surface area contributed by atoms with Gasteiger partial charge in [-0.3, -0.25) is 14.5 Å². The van der Waals surface area contributed by atoms with Crippen molar-refractivity contribution in [3.63, 3.8) is 0 Å². The first-order valence-corrected chi connectivity index (χ1v) is 14.4. The Bertz CT molecular complexity index is 1140. The molecule has 2 aromatic rings. The van der Waals surface area contributed by atoms with Crippen LogP contribution in [0.15, 0.2) is 67.3 Å². The van der Waals surface area contributed by atoms with E-state index in [1.54, 1.807) is 6.07 Å². The molecule has 6 nitrogen and oxygen atoms in total. The van der Waals surface area contributed by atoms with Crippen LogP contribution in [-0.4, -0.2) is 65.1 Å². The summed E-state index contributed by atoms with van der Waals surface area (Å²) in [5, 5.41) is 10.4. The van der Waals surface area contributed by atoms with Crippen LogP contribution in [0.25, 0.3) is 0 Å². The topological polar surface area (TPSA) is 70.1 Å². The first kappa shape index (κ1) is 28.9. The van der Waals surface area contributed by atoms with Gasteiger partial charge >= 0.3 is 5.97 Å². The SMILES string of the molecule is C=CCN1CC[C@@]2(c3cccc(O)c3)C[C@@H](N(C)C(=O)CCCCCc3ccccc3)CC[C@]2(OC(C)=O)C1. The molecule has 2 aromatic carbocycles. The van der Waals surface area contributed by atoms with Crippen LogP contribution in [0, 0.1) is 0 Å². The molecular weight excluding hydrogens is 488 g/mol. The minimum absolute atomic E-state index is 0.0406. The maximum absolute atomic E-state index is 13.3. The molecule has 210 valence electrons. The Balaban J connectivity index is 1.49. The number of benzene rings is 2. The van der Waals surface area contributed by atoms with E-state index in [0.717, 1.165) is 57.2 Å². The molecule has 0 spiro atoms. The molecule has 1 heterocycles. The van der Waals surface area contributed by atoms with Crippen molar-refractivity contribution in [1.29, 1.82) is 0 Å². The molecule has 1 aliphatic carbocycles. The lowest BCUT2D eigenvalue weighted by molar-refractivity contribution is -0.189.